The first kappa shape index (κ1) is 13.7. The van der Waals surface area contributed by atoms with Gasteiger partial charge in [-0.3, -0.25) is 4.79 Å². The Morgan fingerprint density at radius 3 is 2.15 bits per heavy atom. The Labute approximate surface area is 115 Å². The zero-order valence-corrected chi connectivity index (χ0v) is 10.8. The second-order valence-electron chi connectivity index (χ2n) is 4.34. The summed E-state index contributed by atoms with van der Waals surface area (Å²) in [4.78, 5) is 11.8. The molecular weight excluding hydrogens is 260 g/mol. The molecule has 0 amide bonds. The highest BCUT2D eigenvalue weighted by molar-refractivity contribution is 6.04. The van der Waals surface area contributed by atoms with Gasteiger partial charge in [0.25, 0.3) is 0 Å². The minimum absolute atomic E-state index is 0.0383. The summed E-state index contributed by atoms with van der Waals surface area (Å²) in [5.74, 6) is -1.68. The predicted octanol–water partition coefficient (Wildman–Crippen LogP) is 2.77. The largest absolute Gasteiger partial charge is 0.508 e. The third kappa shape index (κ3) is 2.25. The molecule has 104 valence electrons. The third-order valence-electron chi connectivity index (χ3n) is 3.02. The van der Waals surface area contributed by atoms with Gasteiger partial charge in [0.15, 0.2) is 5.78 Å². The van der Waals surface area contributed by atoms with Crippen molar-refractivity contribution < 1.29 is 25.2 Å². The van der Waals surface area contributed by atoms with Crippen LogP contribution in [-0.4, -0.2) is 26.2 Å². The maximum absolute atomic E-state index is 11.8. The van der Waals surface area contributed by atoms with Gasteiger partial charge in [0.1, 0.15) is 28.6 Å². The highest BCUT2D eigenvalue weighted by Crippen LogP contribution is 2.44. The Kier molecular flexibility index (Phi) is 3.52. The zero-order valence-electron chi connectivity index (χ0n) is 10.8. The van der Waals surface area contributed by atoms with Crippen molar-refractivity contribution in [2.45, 2.75) is 13.3 Å². The normalized spacial score (nSPS) is 10.4. The summed E-state index contributed by atoms with van der Waals surface area (Å²) >= 11 is 0. The Hall–Kier alpha value is -2.69. The van der Waals surface area contributed by atoms with E-state index in [-0.39, 0.29) is 29.0 Å². The van der Waals surface area contributed by atoms with Gasteiger partial charge in [-0.1, -0.05) is 19.1 Å². The van der Waals surface area contributed by atoms with Crippen LogP contribution in [0.3, 0.4) is 0 Å². The standard InChI is InChI=1S/C15H14O5/c1-2-10(17)14-12(19)7-11(18)13(15(14)20)8-3-5-9(16)6-4-8/h3-7,16,18-20H,2H2,1H3. The smallest absolute Gasteiger partial charge is 0.170 e. The molecule has 2 aromatic carbocycles. The summed E-state index contributed by atoms with van der Waals surface area (Å²) in [6, 6.07) is 6.78. The van der Waals surface area contributed by atoms with Crippen LogP contribution in [0.15, 0.2) is 30.3 Å². The molecule has 0 spiro atoms. The molecule has 5 heteroatoms. The number of benzene rings is 2. The lowest BCUT2D eigenvalue weighted by atomic mass is 9.96. The van der Waals surface area contributed by atoms with Crippen molar-refractivity contribution in [3.05, 3.63) is 35.9 Å². The molecule has 0 aliphatic carbocycles. The van der Waals surface area contributed by atoms with Crippen molar-refractivity contribution in [2.24, 2.45) is 0 Å². The van der Waals surface area contributed by atoms with E-state index in [1.54, 1.807) is 6.92 Å². The molecule has 0 heterocycles. The van der Waals surface area contributed by atoms with E-state index in [4.69, 9.17) is 0 Å². The van der Waals surface area contributed by atoms with Crippen LogP contribution in [0.2, 0.25) is 0 Å². The Bertz CT molecular complexity index is 659. The molecule has 4 N–H and O–H groups in total. The molecule has 0 aliphatic heterocycles. The number of phenols is 4. The molecule has 2 aromatic rings. The average Bonchev–Trinajstić information content (AvgIpc) is 2.40. The summed E-state index contributed by atoms with van der Waals surface area (Å²) < 4.78 is 0. The number of hydrogen-bond donors (Lipinski definition) is 4. The van der Waals surface area contributed by atoms with E-state index < -0.39 is 17.3 Å². The van der Waals surface area contributed by atoms with Crippen LogP contribution >= 0.6 is 0 Å². The average molecular weight is 274 g/mol. The molecule has 0 radical (unpaired) electrons. The molecule has 20 heavy (non-hydrogen) atoms. The number of phenolic OH excluding ortho intramolecular Hbond substituents is 4. The molecule has 0 unspecified atom stereocenters. The molecule has 2 rings (SSSR count). The highest BCUT2D eigenvalue weighted by atomic mass is 16.3. The van der Waals surface area contributed by atoms with Crippen molar-refractivity contribution in [1.29, 1.82) is 0 Å². The number of carbonyl (C=O) groups excluding carboxylic acids is 1. The molecule has 0 bridgehead atoms. The van der Waals surface area contributed by atoms with Gasteiger partial charge in [0, 0.05) is 12.5 Å². The highest BCUT2D eigenvalue weighted by Gasteiger charge is 2.22. The quantitative estimate of drug-likeness (QED) is 0.645. The summed E-state index contributed by atoms with van der Waals surface area (Å²) in [5, 5.41) is 39.0. The van der Waals surface area contributed by atoms with Gasteiger partial charge < -0.3 is 20.4 Å². The molecule has 0 aliphatic rings. The first-order valence-corrected chi connectivity index (χ1v) is 6.06. The SMILES string of the molecule is CCC(=O)c1c(O)cc(O)c(-c2ccc(O)cc2)c1O. The lowest BCUT2D eigenvalue weighted by Gasteiger charge is -2.13. The number of rotatable bonds is 3. The Balaban J connectivity index is 2.70. The predicted molar refractivity (Wildman–Crippen MR) is 73.2 cm³/mol. The fraction of sp³-hybridized carbons (Fsp3) is 0.133. The molecule has 0 atom stereocenters. The molecule has 0 aromatic heterocycles. The summed E-state index contributed by atoms with van der Waals surface area (Å²) in [7, 11) is 0. The van der Waals surface area contributed by atoms with Gasteiger partial charge in [-0.05, 0) is 17.7 Å². The fourth-order valence-corrected chi connectivity index (χ4v) is 2.01. The Morgan fingerprint density at radius 2 is 1.60 bits per heavy atom. The van der Waals surface area contributed by atoms with Crippen LogP contribution in [-0.2, 0) is 0 Å². The van der Waals surface area contributed by atoms with E-state index >= 15 is 0 Å². The van der Waals surface area contributed by atoms with Crippen LogP contribution in [0.25, 0.3) is 11.1 Å². The van der Waals surface area contributed by atoms with Gasteiger partial charge in [0.2, 0.25) is 0 Å². The topological polar surface area (TPSA) is 98.0 Å². The lowest BCUT2D eigenvalue weighted by molar-refractivity contribution is 0.0983. The maximum atomic E-state index is 11.8. The number of aromatic hydroxyl groups is 4. The fourth-order valence-electron chi connectivity index (χ4n) is 2.01. The maximum Gasteiger partial charge on any atom is 0.170 e. The number of Topliss-reactive ketones (excluding diaryl/α,β-unsaturated/α-hetero) is 1. The summed E-state index contributed by atoms with van der Waals surface area (Å²) in [5.41, 5.74) is 0.246. The van der Waals surface area contributed by atoms with E-state index in [1.165, 1.54) is 24.3 Å². The Morgan fingerprint density at radius 1 is 1.00 bits per heavy atom. The molecule has 5 nitrogen and oxygen atoms in total. The van der Waals surface area contributed by atoms with E-state index in [9.17, 15) is 25.2 Å². The molecule has 0 saturated heterocycles. The van der Waals surface area contributed by atoms with E-state index in [1.807, 2.05) is 0 Å². The summed E-state index contributed by atoms with van der Waals surface area (Å²) in [6.07, 6.45) is 0.112. The van der Waals surface area contributed by atoms with Gasteiger partial charge in [0.05, 0.1) is 5.56 Å². The number of hydrogen-bond acceptors (Lipinski definition) is 5. The minimum Gasteiger partial charge on any atom is -0.508 e. The molecular formula is C15H14O5. The van der Waals surface area contributed by atoms with Crippen molar-refractivity contribution in [3.8, 4) is 34.1 Å². The third-order valence-corrected chi connectivity index (χ3v) is 3.02. The molecule has 0 saturated carbocycles. The zero-order chi connectivity index (χ0) is 14.9. The van der Waals surface area contributed by atoms with Gasteiger partial charge in [-0.2, -0.15) is 0 Å². The summed E-state index contributed by atoms with van der Waals surface area (Å²) in [6.45, 7) is 1.61. The number of carbonyl (C=O) groups is 1. The van der Waals surface area contributed by atoms with Crippen LogP contribution in [0, 0.1) is 0 Å². The van der Waals surface area contributed by atoms with Crippen LogP contribution in [0.5, 0.6) is 23.0 Å². The van der Waals surface area contributed by atoms with Gasteiger partial charge in [-0.25, -0.2) is 0 Å². The van der Waals surface area contributed by atoms with Crippen molar-refractivity contribution in [1.82, 2.24) is 0 Å². The van der Waals surface area contributed by atoms with E-state index in [0.29, 0.717) is 5.56 Å². The van der Waals surface area contributed by atoms with Crippen molar-refractivity contribution in [2.75, 3.05) is 0 Å². The van der Waals surface area contributed by atoms with Crippen molar-refractivity contribution in [3.63, 3.8) is 0 Å². The van der Waals surface area contributed by atoms with Crippen LogP contribution in [0.4, 0.5) is 0 Å². The van der Waals surface area contributed by atoms with E-state index in [0.717, 1.165) is 6.07 Å². The first-order valence-electron chi connectivity index (χ1n) is 6.06. The van der Waals surface area contributed by atoms with Gasteiger partial charge >= 0.3 is 0 Å². The van der Waals surface area contributed by atoms with Gasteiger partial charge in [-0.15, -0.1) is 0 Å². The number of ketones is 1. The second-order valence-corrected chi connectivity index (χ2v) is 4.34. The van der Waals surface area contributed by atoms with Crippen molar-refractivity contribution >= 4 is 5.78 Å². The second kappa shape index (κ2) is 5.13. The minimum atomic E-state index is -0.472. The van der Waals surface area contributed by atoms with E-state index in [2.05, 4.69) is 0 Å². The molecule has 0 fully saturated rings. The monoisotopic (exact) mass is 274 g/mol. The first-order chi connectivity index (χ1) is 9.45. The van der Waals surface area contributed by atoms with Crippen LogP contribution < -0.4 is 0 Å². The van der Waals surface area contributed by atoms with Crippen LogP contribution in [0.1, 0.15) is 23.7 Å². The lowest BCUT2D eigenvalue weighted by Crippen LogP contribution is -1.99.